The molecule has 0 bridgehead atoms. The van der Waals surface area contributed by atoms with E-state index in [9.17, 15) is 9.59 Å². The Morgan fingerprint density at radius 1 is 1.17 bits per heavy atom. The molecule has 2 aliphatic rings. The van der Waals surface area contributed by atoms with Gasteiger partial charge in [0.1, 0.15) is 18.2 Å². The summed E-state index contributed by atoms with van der Waals surface area (Å²) in [6.45, 7) is 7.66. The van der Waals surface area contributed by atoms with Crippen LogP contribution in [0.1, 0.15) is 39.2 Å². The van der Waals surface area contributed by atoms with Gasteiger partial charge in [-0.3, -0.25) is 4.90 Å². The third-order valence-corrected chi connectivity index (χ3v) is 5.59. The molecule has 1 aliphatic heterocycles. The topological polar surface area (TPSA) is 68.3 Å². The summed E-state index contributed by atoms with van der Waals surface area (Å²) in [4.78, 5) is 29.5. The van der Waals surface area contributed by atoms with Crippen LogP contribution >= 0.6 is 0 Å². The predicted octanol–water partition coefficient (Wildman–Crippen LogP) is 3.08. The summed E-state index contributed by atoms with van der Waals surface area (Å²) >= 11 is 0. The van der Waals surface area contributed by atoms with Crippen LogP contribution in [0.2, 0.25) is 0 Å². The monoisotopic (exact) mass is 418 g/mol. The number of piperidine rings is 1. The highest BCUT2D eigenvalue weighted by Crippen LogP contribution is 2.60. The van der Waals surface area contributed by atoms with Gasteiger partial charge in [-0.1, -0.05) is 30.3 Å². The molecule has 2 fully saturated rings. The van der Waals surface area contributed by atoms with Crippen LogP contribution in [-0.4, -0.2) is 73.4 Å². The van der Waals surface area contributed by atoms with Gasteiger partial charge in [-0.15, -0.1) is 0 Å². The SMILES string of the molecule is CN(C)CCOC[C@]12CC1N(C(=O)OC(C)(C)C)[C@H](C(=O)OCc1ccccc1)C2. The van der Waals surface area contributed by atoms with E-state index in [4.69, 9.17) is 14.2 Å². The molecule has 1 aromatic carbocycles. The highest BCUT2D eigenvalue weighted by Gasteiger charge is 2.68. The Bertz CT molecular complexity index is 746. The Balaban J connectivity index is 1.66. The van der Waals surface area contributed by atoms with Crippen molar-refractivity contribution in [1.82, 2.24) is 9.80 Å². The maximum absolute atomic E-state index is 12.9. The fourth-order valence-electron chi connectivity index (χ4n) is 3.97. The van der Waals surface area contributed by atoms with Gasteiger partial charge >= 0.3 is 12.1 Å². The number of rotatable bonds is 8. The van der Waals surface area contributed by atoms with Gasteiger partial charge in [0.05, 0.1) is 13.2 Å². The second-order valence-electron chi connectivity index (χ2n) is 9.64. The first-order valence-electron chi connectivity index (χ1n) is 10.6. The van der Waals surface area contributed by atoms with Crippen LogP contribution in [0.25, 0.3) is 0 Å². The van der Waals surface area contributed by atoms with E-state index in [1.54, 1.807) is 4.90 Å². The maximum Gasteiger partial charge on any atom is 0.411 e. The van der Waals surface area contributed by atoms with E-state index in [-0.39, 0.29) is 24.0 Å². The van der Waals surface area contributed by atoms with E-state index in [2.05, 4.69) is 4.90 Å². The molecule has 1 heterocycles. The summed E-state index contributed by atoms with van der Waals surface area (Å²) in [6.07, 6.45) is 0.922. The number of hydrogen-bond acceptors (Lipinski definition) is 6. The fourth-order valence-corrected chi connectivity index (χ4v) is 3.97. The van der Waals surface area contributed by atoms with Gasteiger partial charge in [0.25, 0.3) is 0 Å². The van der Waals surface area contributed by atoms with E-state index in [0.717, 1.165) is 18.5 Å². The minimum Gasteiger partial charge on any atom is -0.459 e. The van der Waals surface area contributed by atoms with Crippen LogP contribution in [0.3, 0.4) is 0 Å². The number of fused-ring (bicyclic) bond motifs is 1. The van der Waals surface area contributed by atoms with Gasteiger partial charge in [0.2, 0.25) is 0 Å². The van der Waals surface area contributed by atoms with E-state index in [1.165, 1.54) is 0 Å². The molecule has 7 heteroatoms. The Morgan fingerprint density at radius 2 is 1.87 bits per heavy atom. The molecule has 1 aliphatic carbocycles. The van der Waals surface area contributed by atoms with Crippen molar-refractivity contribution in [3.8, 4) is 0 Å². The van der Waals surface area contributed by atoms with Gasteiger partial charge in [0.15, 0.2) is 0 Å². The van der Waals surface area contributed by atoms with Crippen molar-refractivity contribution < 1.29 is 23.8 Å². The molecule has 7 nitrogen and oxygen atoms in total. The first kappa shape index (κ1) is 22.6. The summed E-state index contributed by atoms with van der Waals surface area (Å²) in [5.41, 5.74) is 0.108. The number of carbonyl (C=O) groups is 2. The van der Waals surface area contributed by atoms with Gasteiger partial charge in [-0.2, -0.15) is 0 Å². The molecule has 1 saturated carbocycles. The smallest absolute Gasteiger partial charge is 0.411 e. The van der Waals surface area contributed by atoms with Crippen molar-refractivity contribution in [3.05, 3.63) is 35.9 Å². The van der Waals surface area contributed by atoms with Crippen molar-refractivity contribution in [2.75, 3.05) is 33.9 Å². The molecule has 1 unspecified atom stereocenters. The molecule has 1 amide bonds. The van der Waals surface area contributed by atoms with Crippen LogP contribution in [0.15, 0.2) is 30.3 Å². The molecule has 3 atom stereocenters. The van der Waals surface area contributed by atoms with Crippen LogP contribution < -0.4 is 0 Å². The highest BCUT2D eigenvalue weighted by molar-refractivity contribution is 5.83. The van der Waals surface area contributed by atoms with Crippen molar-refractivity contribution in [3.63, 3.8) is 0 Å². The molecule has 0 spiro atoms. The summed E-state index contributed by atoms with van der Waals surface area (Å²) in [7, 11) is 4.00. The average molecular weight is 419 g/mol. The number of carbonyl (C=O) groups excluding carboxylic acids is 2. The van der Waals surface area contributed by atoms with Crippen LogP contribution in [0, 0.1) is 5.41 Å². The van der Waals surface area contributed by atoms with Crippen molar-refractivity contribution in [2.45, 2.75) is 57.9 Å². The first-order chi connectivity index (χ1) is 14.1. The first-order valence-corrected chi connectivity index (χ1v) is 10.6. The molecular formula is C23H34N2O5. The largest absolute Gasteiger partial charge is 0.459 e. The lowest BCUT2D eigenvalue weighted by molar-refractivity contribution is -0.150. The lowest BCUT2D eigenvalue weighted by Crippen LogP contribution is -2.46. The Labute approximate surface area is 179 Å². The molecule has 0 radical (unpaired) electrons. The number of nitrogens with zero attached hydrogens (tertiary/aromatic N) is 2. The minimum absolute atomic E-state index is 0.0408. The van der Waals surface area contributed by atoms with Gasteiger partial charge in [0, 0.05) is 18.0 Å². The Morgan fingerprint density at radius 3 is 2.50 bits per heavy atom. The average Bonchev–Trinajstić information content (AvgIpc) is 3.26. The van der Waals surface area contributed by atoms with Gasteiger partial charge in [-0.25, -0.2) is 9.59 Å². The lowest BCUT2D eigenvalue weighted by Gasteiger charge is -2.29. The van der Waals surface area contributed by atoms with Gasteiger partial charge in [-0.05, 0) is 53.3 Å². The van der Waals surface area contributed by atoms with Crippen molar-refractivity contribution in [2.24, 2.45) is 5.41 Å². The lowest BCUT2D eigenvalue weighted by atomic mass is 10.0. The van der Waals surface area contributed by atoms with Crippen LogP contribution in [-0.2, 0) is 25.6 Å². The number of hydrogen-bond donors (Lipinski definition) is 0. The normalized spacial score (nSPS) is 25.2. The van der Waals surface area contributed by atoms with E-state index >= 15 is 0 Å². The summed E-state index contributed by atoms with van der Waals surface area (Å²) in [5.74, 6) is -0.385. The molecule has 166 valence electrons. The standard InChI is InChI=1S/C23H34N2O5/c1-22(2,3)30-21(27)25-18(20(26)29-15-17-9-7-6-8-10-17)13-23(14-19(23)25)16-28-12-11-24(4)5/h6-10,18-19H,11-16H2,1-5H3/t18-,19?,23-/m0/s1. The third kappa shape index (κ3) is 5.52. The quantitative estimate of drug-likeness (QED) is 0.477. The predicted molar refractivity (Wildman–Crippen MR) is 113 cm³/mol. The molecule has 3 rings (SSSR count). The Hall–Kier alpha value is -2.12. The van der Waals surface area contributed by atoms with Crippen LogP contribution in [0.5, 0.6) is 0 Å². The molecule has 1 saturated heterocycles. The minimum atomic E-state index is -0.639. The molecular weight excluding hydrogens is 384 g/mol. The van der Waals surface area contributed by atoms with E-state index in [1.807, 2.05) is 65.2 Å². The number of likely N-dealkylation sites (N-methyl/N-ethyl adjacent to an activating group) is 1. The van der Waals surface area contributed by atoms with Crippen molar-refractivity contribution in [1.29, 1.82) is 0 Å². The zero-order valence-electron chi connectivity index (χ0n) is 18.7. The fraction of sp³-hybridized carbons (Fsp3) is 0.652. The van der Waals surface area contributed by atoms with E-state index in [0.29, 0.717) is 19.6 Å². The number of benzene rings is 1. The summed E-state index contributed by atoms with van der Waals surface area (Å²) < 4.78 is 17.0. The number of ether oxygens (including phenoxy) is 3. The highest BCUT2D eigenvalue weighted by atomic mass is 16.6. The molecule has 30 heavy (non-hydrogen) atoms. The number of likely N-dealkylation sites (tertiary alicyclic amines) is 1. The molecule has 0 N–H and O–H groups in total. The van der Waals surface area contributed by atoms with E-state index < -0.39 is 17.7 Å². The van der Waals surface area contributed by atoms with Gasteiger partial charge < -0.3 is 19.1 Å². The zero-order valence-corrected chi connectivity index (χ0v) is 18.7. The second-order valence-corrected chi connectivity index (χ2v) is 9.64. The van der Waals surface area contributed by atoms with Crippen molar-refractivity contribution >= 4 is 12.1 Å². The number of esters is 1. The third-order valence-electron chi connectivity index (χ3n) is 5.59. The summed E-state index contributed by atoms with van der Waals surface area (Å²) in [5, 5.41) is 0. The Kier molecular flexibility index (Phi) is 6.72. The zero-order chi connectivity index (χ0) is 21.9. The molecule has 1 aromatic rings. The second kappa shape index (κ2) is 8.94. The summed E-state index contributed by atoms with van der Waals surface area (Å²) in [6, 6.07) is 8.86. The maximum atomic E-state index is 12.9. The van der Waals surface area contributed by atoms with Crippen LogP contribution in [0.4, 0.5) is 4.79 Å². The number of amides is 1. The molecule has 0 aromatic heterocycles.